The third-order valence-corrected chi connectivity index (χ3v) is 4.37. The van der Waals surface area contributed by atoms with Crippen molar-refractivity contribution in [2.24, 2.45) is 0 Å². The van der Waals surface area contributed by atoms with Crippen LogP contribution < -0.4 is 0 Å². The predicted octanol–water partition coefficient (Wildman–Crippen LogP) is 2.01. The van der Waals surface area contributed by atoms with Crippen molar-refractivity contribution in [1.82, 2.24) is 24.6 Å². The second kappa shape index (κ2) is 6.86. The lowest BCUT2D eigenvalue weighted by molar-refractivity contribution is 0.144. The lowest BCUT2D eigenvalue weighted by atomic mass is 10.2. The Kier molecular flexibility index (Phi) is 4.84. The molecule has 1 aromatic heterocycles. The molecule has 5 nitrogen and oxygen atoms in total. The maximum Gasteiger partial charge on any atom is 0.195 e. The van der Waals surface area contributed by atoms with Gasteiger partial charge in [-0.1, -0.05) is 0 Å². The van der Waals surface area contributed by atoms with E-state index in [-0.39, 0.29) is 0 Å². The summed E-state index contributed by atoms with van der Waals surface area (Å²) in [5.41, 5.74) is 0.527. The number of aromatic nitrogens is 3. The van der Waals surface area contributed by atoms with Crippen molar-refractivity contribution in [2.45, 2.75) is 13.1 Å². The van der Waals surface area contributed by atoms with E-state index in [9.17, 15) is 8.78 Å². The molecule has 1 saturated heterocycles. The Bertz CT molecular complexity index is 713. The van der Waals surface area contributed by atoms with E-state index in [4.69, 9.17) is 12.2 Å². The molecule has 1 aliphatic rings. The summed E-state index contributed by atoms with van der Waals surface area (Å²) in [6.07, 6.45) is 0. The highest BCUT2D eigenvalue weighted by molar-refractivity contribution is 7.71. The Balaban J connectivity index is 1.77. The van der Waals surface area contributed by atoms with Gasteiger partial charge < -0.3 is 4.90 Å². The minimum Gasteiger partial charge on any atom is -0.304 e. The molecule has 2 aromatic rings. The van der Waals surface area contributed by atoms with Gasteiger partial charge in [0.25, 0.3) is 0 Å². The zero-order valence-electron chi connectivity index (χ0n) is 12.9. The van der Waals surface area contributed by atoms with E-state index in [0.29, 0.717) is 23.4 Å². The van der Waals surface area contributed by atoms with Crippen LogP contribution in [0.3, 0.4) is 0 Å². The molecule has 1 aliphatic heterocycles. The van der Waals surface area contributed by atoms with Crippen molar-refractivity contribution in [3.63, 3.8) is 0 Å². The predicted molar refractivity (Wildman–Crippen MR) is 85.6 cm³/mol. The summed E-state index contributed by atoms with van der Waals surface area (Å²) in [6.45, 7) is 4.92. The summed E-state index contributed by atoms with van der Waals surface area (Å²) in [5.74, 6) is -0.393. The Morgan fingerprint density at radius 2 is 1.74 bits per heavy atom. The largest absolute Gasteiger partial charge is 0.304 e. The SMILES string of the molecule is CN1CCN(Cc2n[nH]c(=S)n2Cc2cc(F)cc(F)c2)CC1. The highest BCUT2D eigenvalue weighted by atomic mass is 32.1. The fourth-order valence-electron chi connectivity index (χ4n) is 2.72. The minimum absolute atomic E-state index is 0.299. The zero-order valence-corrected chi connectivity index (χ0v) is 13.7. The average molecular weight is 339 g/mol. The third kappa shape index (κ3) is 4.01. The van der Waals surface area contributed by atoms with Crippen LogP contribution in [-0.2, 0) is 13.1 Å². The topological polar surface area (TPSA) is 40.1 Å². The molecule has 0 atom stereocenters. The standard InChI is InChI=1S/C15H19F2N5S/c1-20-2-4-21(5-3-20)10-14-18-19-15(23)22(14)9-11-6-12(16)8-13(17)7-11/h6-8H,2-5,9-10H2,1H3,(H,19,23). The van der Waals surface area contributed by atoms with Gasteiger partial charge in [-0.05, 0) is 37.0 Å². The molecule has 0 bridgehead atoms. The maximum atomic E-state index is 13.4. The molecule has 0 unspecified atom stereocenters. The van der Waals surface area contributed by atoms with Gasteiger partial charge in [-0.25, -0.2) is 8.78 Å². The minimum atomic E-state index is -0.587. The van der Waals surface area contributed by atoms with Gasteiger partial charge in [0.2, 0.25) is 0 Å². The summed E-state index contributed by atoms with van der Waals surface area (Å²) in [6, 6.07) is 3.50. The quantitative estimate of drug-likeness (QED) is 0.865. The number of H-pyrrole nitrogens is 1. The summed E-state index contributed by atoms with van der Waals surface area (Å²) < 4.78 is 29.0. The van der Waals surface area contributed by atoms with Crippen LogP contribution in [0, 0.1) is 16.4 Å². The molecular weight excluding hydrogens is 320 g/mol. The van der Waals surface area contributed by atoms with E-state index < -0.39 is 11.6 Å². The molecule has 8 heteroatoms. The van der Waals surface area contributed by atoms with E-state index in [2.05, 4.69) is 27.0 Å². The third-order valence-electron chi connectivity index (χ3n) is 4.06. The molecular formula is C15H19F2N5S. The van der Waals surface area contributed by atoms with E-state index in [1.54, 1.807) is 4.57 Å². The first-order valence-corrected chi connectivity index (χ1v) is 7.92. The van der Waals surface area contributed by atoms with Gasteiger partial charge in [-0.2, -0.15) is 5.10 Å². The highest BCUT2D eigenvalue weighted by Gasteiger charge is 2.17. The smallest absolute Gasteiger partial charge is 0.195 e. The van der Waals surface area contributed by atoms with Crippen LogP contribution in [0.1, 0.15) is 11.4 Å². The van der Waals surface area contributed by atoms with E-state index in [1.807, 2.05) is 0 Å². The van der Waals surface area contributed by atoms with Gasteiger partial charge >= 0.3 is 0 Å². The number of piperazine rings is 1. The van der Waals surface area contributed by atoms with Crippen molar-refractivity contribution in [1.29, 1.82) is 0 Å². The van der Waals surface area contributed by atoms with Crippen LogP contribution in [0.5, 0.6) is 0 Å². The Labute approximate surface area is 138 Å². The molecule has 1 N–H and O–H groups in total. The number of hydrogen-bond acceptors (Lipinski definition) is 4. The van der Waals surface area contributed by atoms with Crippen LogP contribution in [0.15, 0.2) is 18.2 Å². The highest BCUT2D eigenvalue weighted by Crippen LogP contribution is 2.13. The van der Waals surface area contributed by atoms with Crippen LogP contribution in [0.4, 0.5) is 8.78 Å². The molecule has 2 heterocycles. The van der Waals surface area contributed by atoms with Crippen molar-refractivity contribution in [3.8, 4) is 0 Å². The zero-order chi connectivity index (χ0) is 16.4. The molecule has 1 fully saturated rings. The molecule has 0 radical (unpaired) electrons. The van der Waals surface area contributed by atoms with Gasteiger partial charge in [0.05, 0.1) is 13.1 Å². The Morgan fingerprint density at radius 1 is 1.09 bits per heavy atom. The van der Waals surface area contributed by atoms with Crippen LogP contribution >= 0.6 is 12.2 Å². The molecule has 0 spiro atoms. The summed E-state index contributed by atoms with van der Waals surface area (Å²) in [4.78, 5) is 4.58. The van der Waals surface area contributed by atoms with Crippen LogP contribution in [-0.4, -0.2) is 57.8 Å². The fraction of sp³-hybridized carbons (Fsp3) is 0.467. The van der Waals surface area contributed by atoms with Crippen molar-refractivity contribution >= 4 is 12.2 Å². The van der Waals surface area contributed by atoms with E-state index >= 15 is 0 Å². The summed E-state index contributed by atoms with van der Waals surface area (Å²) >= 11 is 5.25. The monoisotopic (exact) mass is 339 g/mol. The van der Waals surface area contributed by atoms with Gasteiger partial charge in [0.15, 0.2) is 4.77 Å². The molecule has 23 heavy (non-hydrogen) atoms. The number of rotatable bonds is 4. The first kappa shape index (κ1) is 16.2. The van der Waals surface area contributed by atoms with Gasteiger partial charge in [0.1, 0.15) is 17.5 Å². The number of hydrogen-bond donors (Lipinski definition) is 1. The van der Waals surface area contributed by atoms with Gasteiger partial charge in [0, 0.05) is 32.2 Å². The number of halogens is 2. The fourth-order valence-corrected chi connectivity index (χ4v) is 2.94. The van der Waals surface area contributed by atoms with Crippen LogP contribution in [0.25, 0.3) is 0 Å². The van der Waals surface area contributed by atoms with E-state index in [1.165, 1.54) is 12.1 Å². The lowest BCUT2D eigenvalue weighted by Gasteiger charge is -2.31. The van der Waals surface area contributed by atoms with Gasteiger partial charge in [-0.15, -0.1) is 0 Å². The van der Waals surface area contributed by atoms with E-state index in [0.717, 1.165) is 38.1 Å². The first-order valence-electron chi connectivity index (χ1n) is 7.51. The average Bonchev–Trinajstić information content (AvgIpc) is 2.82. The lowest BCUT2D eigenvalue weighted by Crippen LogP contribution is -2.44. The van der Waals surface area contributed by atoms with Crippen LogP contribution in [0.2, 0.25) is 0 Å². The number of nitrogens with zero attached hydrogens (tertiary/aromatic N) is 4. The van der Waals surface area contributed by atoms with Crippen molar-refractivity contribution < 1.29 is 8.78 Å². The van der Waals surface area contributed by atoms with Crippen molar-refractivity contribution in [3.05, 3.63) is 46.0 Å². The molecule has 0 aliphatic carbocycles. The molecule has 0 amide bonds. The number of benzene rings is 1. The molecule has 1 aromatic carbocycles. The Hall–Kier alpha value is -1.64. The number of aromatic amines is 1. The van der Waals surface area contributed by atoms with Gasteiger partial charge in [-0.3, -0.25) is 14.6 Å². The molecule has 124 valence electrons. The number of likely N-dealkylation sites (N-methyl/N-ethyl adjacent to an activating group) is 1. The normalized spacial score (nSPS) is 16.8. The second-order valence-corrected chi connectivity index (χ2v) is 6.27. The second-order valence-electron chi connectivity index (χ2n) is 5.89. The molecule has 0 saturated carbocycles. The first-order chi connectivity index (χ1) is 11.0. The number of nitrogens with one attached hydrogen (secondary N) is 1. The summed E-state index contributed by atoms with van der Waals surface area (Å²) in [5, 5.41) is 7.05. The molecule has 3 rings (SSSR count). The van der Waals surface area contributed by atoms with Crippen molar-refractivity contribution in [2.75, 3.05) is 33.2 Å². The summed E-state index contributed by atoms with van der Waals surface area (Å²) in [7, 11) is 2.10. The Morgan fingerprint density at radius 3 is 2.39 bits per heavy atom. The maximum absolute atomic E-state index is 13.4.